The molecule has 2 rings (SSSR count). The van der Waals surface area contributed by atoms with Crippen molar-refractivity contribution in [3.63, 3.8) is 0 Å². The lowest BCUT2D eigenvalue weighted by molar-refractivity contribution is 0.0962. The van der Waals surface area contributed by atoms with Gasteiger partial charge in [0.15, 0.2) is 0 Å². The van der Waals surface area contributed by atoms with Gasteiger partial charge in [-0.3, -0.25) is 9.48 Å². The Kier molecular flexibility index (Phi) is 5.95. The third kappa shape index (κ3) is 4.58. The van der Waals surface area contributed by atoms with Crippen molar-refractivity contribution in [2.24, 2.45) is 5.92 Å². The van der Waals surface area contributed by atoms with E-state index in [0.29, 0.717) is 17.8 Å². The second-order valence-corrected chi connectivity index (χ2v) is 5.73. The molecule has 0 spiro atoms. The van der Waals surface area contributed by atoms with Crippen LogP contribution < -0.4 is 16.0 Å². The predicted molar refractivity (Wildman–Crippen MR) is 93.0 cm³/mol. The van der Waals surface area contributed by atoms with Gasteiger partial charge in [-0.15, -0.1) is 0 Å². The number of rotatable bonds is 6. The number of anilines is 1. The van der Waals surface area contributed by atoms with Crippen molar-refractivity contribution in [1.82, 2.24) is 20.4 Å². The van der Waals surface area contributed by atoms with Crippen molar-refractivity contribution in [2.75, 3.05) is 18.9 Å². The molecule has 0 bridgehead atoms. The van der Waals surface area contributed by atoms with Crippen LogP contribution in [-0.2, 0) is 6.54 Å². The van der Waals surface area contributed by atoms with Crippen molar-refractivity contribution in [1.29, 1.82) is 0 Å². The van der Waals surface area contributed by atoms with Crippen LogP contribution in [0.1, 0.15) is 22.8 Å². The Balaban J connectivity index is 1.89. The van der Waals surface area contributed by atoms with Crippen molar-refractivity contribution in [2.45, 2.75) is 20.4 Å². The molecular formula is C17H23N5O2. The fourth-order valence-corrected chi connectivity index (χ4v) is 2.38. The molecule has 0 saturated heterocycles. The molecule has 1 atom stereocenters. The molecule has 0 unspecified atom stereocenters. The molecule has 0 saturated carbocycles. The molecule has 7 heteroatoms. The minimum absolute atomic E-state index is 0.176. The topological polar surface area (TPSA) is 88.0 Å². The average molecular weight is 329 g/mol. The van der Waals surface area contributed by atoms with Gasteiger partial charge in [-0.2, -0.15) is 5.10 Å². The van der Waals surface area contributed by atoms with E-state index in [-0.39, 0.29) is 17.9 Å². The van der Waals surface area contributed by atoms with Crippen LogP contribution in [0.25, 0.3) is 0 Å². The fourth-order valence-electron chi connectivity index (χ4n) is 2.38. The van der Waals surface area contributed by atoms with Crippen LogP contribution in [0.3, 0.4) is 0 Å². The second-order valence-electron chi connectivity index (χ2n) is 5.73. The molecule has 2 aromatic rings. The van der Waals surface area contributed by atoms with E-state index in [1.165, 1.54) is 0 Å². The van der Waals surface area contributed by atoms with E-state index < -0.39 is 0 Å². The smallest absolute Gasteiger partial charge is 0.319 e. The van der Waals surface area contributed by atoms with Crippen molar-refractivity contribution in [3.8, 4) is 0 Å². The molecule has 0 aliphatic carbocycles. The quantitative estimate of drug-likeness (QED) is 0.757. The highest BCUT2D eigenvalue weighted by atomic mass is 16.2. The normalized spacial score (nSPS) is 11.6. The molecule has 0 fully saturated rings. The summed E-state index contributed by atoms with van der Waals surface area (Å²) in [4.78, 5) is 23.9. The predicted octanol–water partition coefficient (Wildman–Crippen LogP) is 2.01. The summed E-state index contributed by atoms with van der Waals surface area (Å²) in [6.07, 6.45) is 3.62. The first-order valence-electron chi connectivity index (χ1n) is 7.85. The first-order valence-corrected chi connectivity index (χ1v) is 7.85. The lowest BCUT2D eigenvalue weighted by Crippen LogP contribution is -2.34. The molecule has 7 nitrogen and oxygen atoms in total. The molecule has 128 valence electrons. The van der Waals surface area contributed by atoms with Crippen LogP contribution in [0.5, 0.6) is 0 Å². The molecule has 3 N–H and O–H groups in total. The zero-order valence-electron chi connectivity index (χ0n) is 14.2. The largest absolute Gasteiger partial charge is 0.355 e. The minimum Gasteiger partial charge on any atom is -0.355 e. The highest BCUT2D eigenvalue weighted by molar-refractivity contribution is 5.98. The number of aromatic nitrogens is 2. The van der Waals surface area contributed by atoms with E-state index in [1.807, 2.05) is 23.9 Å². The number of urea groups is 1. The Morgan fingerprint density at radius 3 is 2.75 bits per heavy atom. The summed E-state index contributed by atoms with van der Waals surface area (Å²) in [5, 5.41) is 12.4. The van der Waals surface area contributed by atoms with Gasteiger partial charge in [-0.1, -0.05) is 13.0 Å². The molecule has 1 aromatic heterocycles. The van der Waals surface area contributed by atoms with Crippen LogP contribution in [0.15, 0.2) is 36.7 Å². The minimum atomic E-state index is -0.292. The Bertz CT molecular complexity index is 697. The van der Waals surface area contributed by atoms with Gasteiger partial charge in [-0.25, -0.2) is 4.79 Å². The summed E-state index contributed by atoms with van der Waals surface area (Å²) in [7, 11) is 1.58. The van der Waals surface area contributed by atoms with Gasteiger partial charge in [0.2, 0.25) is 0 Å². The van der Waals surface area contributed by atoms with E-state index >= 15 is 0 Å². The summed E-state index contributed by atoms with van der Waals surface area (Å²) in [6.45, 7) is 5.11. The lowest BCUT2D eigenvalue weighted by Gasteiger charge is -2.15. The van der Waals surface area contributed by atoms with E-state index in [1.54, 1.807) is 38.4 Å². The third-order valence-electron chi connectivity index (χ3n) is 3.72. The van der Waals surface area contributed by atoms with Gasteiger partial charge >= 0.3 is 6.03 Å². The standard InChI is InChI=1S/C17H23N5O2/c1-12(11-22-9-5-8-20-22)10-19-17(24)21-15-7-4-6-14(13(15)2)16(23)18-3/h4-9,12H,10-11H2,1-3H3,(H,18,23)(H2,19,21,24)/t12-/m0/s1. The number of carbonyl (C=O) groups is 2. The molecule has 1 heterocycles. The Hall–Kier alpha value is -2.83. The number of carbonyl (C=O) groups excluding carboxylic acids is 2. The van der Waals surface area contributed by atoms with Crippen LogP contribution in [0, 0.1) is 12.8 Å². The van der Waals surface area contributed by atoms with Crippen LogP contribution in [-0.4, -0.2) is 35.3 Å². The highest BCUT2D eigenvalue weighted by Gasteiger charge is 2.12. The number of benzene rings is 1. The summed E-state index contributed by atoms with van der Waals surface area (Å²) in [6, 6.07) is 6.82. The van der Waals surface area contributed by atoms with E-state index in [0.717, 1.165) is 12.1 Å². The van der Waals surface area contributed by atoms with Crippen LogP contribution in [0.4, 0.5) is 10.5 Å². The summed E-state index contributed by atoms with van der Waals surface area (Å²) in [5.41, 5.74) is 1.90. The van der Waals surface area contributed by atoms with Gasteiger partial charge in [0.25, 0.3) is 5.91 Å². The Morgan fingerprint density at radius 2 is 2.08 bits per heavy atom. The van der Waals surface area contributed by atoms with Crippen molar-refractivity contribution < 1.29 is 9.59 Å². The molecular weight excluding hydrogens is 306 g/mol. The molecule has 1 aromatic carbocycles. The average Bonchev–Trinajstić information content (AvgIpc) is 3.07. The molecule has 0 aliphatic heterocycles. The number of amides is 3. The van der Waals surface area contributed by atoms with Gasteiger partial charge in [-0.05, 0) is 36.6 Å². The highest BCUT2D eigenvalue weighted by Crippen LogP contribution is 2.18. The summed E-state index contributed by atoms with van der Waals surface area (Å²) < 4.78 is 1.83. The third-order valence-corrected chi connectivity index (χ3v) is 3.72. The second kappa shape index (κ2) is 8.14. The zero-order chi connectivity index (χ0) is 17.5. The first kappa shape index (κ1) is 17.5. The van der Waals surface area contributed by atoms with Gasteiger partial charge in [0.1, 0.15) is 0 Å². The van der Waals surface area contributed by atoms with E-state index in [2.05, 4.69) is 21.0 Å². The lowest BCUT2D eigenvalue weighted by atomic mass is 10.1. The summed E-state index contributed by atoms with van der Waals surface area (Å²) in [5.74, 6) is 0.0679. The number of nitrogens with one attached hydrogen (secondary N) is 3. The molecule has 0 radical (unpaired) electrons. The first-order chi connectivity index (χ1) is 11.5. The number of hydrogen-bond donors (Lipinski definition) is 3. The number of nitrogens with zero attached hydrogens (tertiary/aromatic N) is 2. The molecule has 3 amide bonds. The fraction of sp³-hybridized carbons (Fsp3) is 0.353. The SMILES string of the molecule is CNC(=O)c1cccc(NC(=O)NC[C@H](C)Cn2cccn2)c1C. The maximum absolute atomic E-state index is 12.1. The number of hydrogen-bond acceptors (Lipinski definition) is 3. The van der Waals surface area contributed by atoms with E-state index in [9.17, 15) is 9.59 Å². The Morgan fingerprint density at radius 1 is 1.29 bits per heavy atom. The zero-order valence-corrected chi connectivity index (χ0v) is 14.2. The van der Waals surface area contributed by atoms with Crippen LogP contribution in [0.2, 0.25) is 0 Å². The van der Waals surface area contributed by atoms with Crippen molar-refractivity contribution >= 4 is 17.6 Å². The van der Waals surface area contributed by atoms with Gasteiger partial charge < -0.3 is 16.0 Å². The summed E-state index contributed by atoms with van der Waals surface area (Å²) >= 11 is 0. The van der Waals surface area contributed by atoms with Gasteiger partial charge in [0, 0.05) is 43.8 Å². The van der Waals surface area contributed by atoms with Gasteiger partial charge in [0.05, 0.1) is 0 Å². The molecule has 0 aliphatic rings. The molecule has 24 heavy (non-hydrogen) atoms. The monoisotopic (exact) mass is 329 g/mol. The Labute approximate surface area is 141 Å². The van der Waals surface area contributed by atoms with Crippen molar-refractivity contribution in [3.05, 3.63) is 47.8 Å². The maximum Gasteiger partial charge on any atom is 0.319 e. The van der Waals surface area contributed by atoms with Crippen LogP contribution >= 0.6 is 0 Å². The maximum atomic E-state index is 12.1. The van der Waals surface area contributed by atoms with E-state index in [4.69, 9.17) is 0 Å².